The van der Waals surface area contributed by atoms with Gasteiger partial charge in [0.15, 0.2) is 0 Å². The zero-order valence-electron chi connectivity index (χ0n) is 11.0. The van der Waals surface area contributed by atoms with Gasteiger partial charge in [0, 0.05) is 0 Å². The predicted molar refractivity (Wildman–Crippen MR) is 75.6 cm³/mol. The van der Waals surface area contributed by atoms with Gasteiger partial charge in [-0.1, -0.05) is 49.5 Å². The van der Waals surface area contributed by atoms with E-state index in [1.165, 1.54) is 23.8 Å². The van der Waals surface area contributed by atoms with Crippen LogP contribution in [0.2, 0.25) is 0 Å². The molecule has 0 heterocycles. The molecule has 1 heteroatoms. The van der Waals surface area contributed by atoms with E-state index in [9.17, 15) is 4.39 Å². The highest BCUT2D eigenvalue weighted by molar-refractivity contribution is 5.16. The molecule has 0 aromatic carbocycles. The van der Waals surface area contributed by atoms with E-state index < -0.39 is 0 Å². The van der Waals surface area contributed by atoms with Crippen LogP contribution in [0.4, 0.5) is 4.39 Å². The first-order chi connectivity index (χ1) is 8.20. The van der Waals surface area contributed by atoms with E-state index in [-0.39, 0.29) is 5.83 Å². The molecule has 0 aromatic heterocycles. The smallest absolute Gasteiger partial charge is 0.122 e. The monoisotopic (exact) mass is 234 g/mol. The molecule has 0 spiro atoms. The highest BCUT2D eigenvalue weighted by Crippen LogP contribution is 2.08. The lowest BCUT2D eigenvalue weighted by atomic mass is 10.1. The van der Waals surface area contributed by atoms with Gasteiger partial charge in [-0.25, -0.2) is 4.39 Å². The molecule has 0 aliphatic heterocycles. The Bertz CT molecular complexity index is 316. The lowest BCUT2D eigenvalue weighted by molar-refractivity contribution is 0.666. The minimum absolute atomic E-state index is 0.243. The van der Waals surface area contributed by atoms with Gasteiger partial charge >= 0.3 is 0 Å². The van der Waals surface area contributed by atoms with Gasteiger partial charge < -0.3 is 0 Å². The first-order valence-corrected chi connectivity index (χ1v) is 6.16. The van der Waals surface area contributed by atoms with E-state index in [4.69, 9.17) is 0 Å². The van der Waals surface area contributed by atoms with Crippen molar-refractivity contribution < 1.29 is 4.39 Å². The van der Waals surface area contributed by atoms with Gasteiger partial charge in [0.25, 0.3) is 0 Å². The van der Waals surface area contributed by atoms with E-state index >= 15 is 0 Å². The molecule has 0 fully saturated rings. The average Bonchev–Trinajstić information content (AvgIpc) is 2.31. The molecule has 0 aliphatic rings. The molecule has 0 nitrogen and oxygen atoms in total. The summed E-state index contributed by atoms with van der Waals surface area (Å²) in [5.74, 6) is -0.243. The normalized spacial score (nSPS) is 13.8. The number of hydrogen-bond donors (Lipinski definition) is 0. The summed E-state index contributed by atoms with van der Waals surface area (Å²) in [6.45, 7) is 7.68. The third-order valence-corrected chi connectivity index (χ3v) is 2.26. The van der Waals surface area contributed by atoms with Gasteiger partial charge in [0.05, 0.1) is 0 Å². The summed E-state index contributed by atoms with van der Waals surface area (Å²) in [6, 6.07) is 0. The topological polar surface area (TPSA) is 0 Å². The highest BCUT2D eigenvalue weighted by Gasteiger charge is 1.88. The number of hydrogen-bond acceptors (Lipinski definition) is 0. The second-order valence-electron chi connectivity index (χ2n) is 3.89. The summed E-state index contributed by atoms with van der Waals surface area (Å²) in [6.07, 6.45) is 16.6. The summed E-state index contributed by atoms with van der Waals surface area (Å²) in [4.78, 5) is 0. The summed E-state index contributed by atoms with van der Waals surface area (Å²) >= 11 is 0. The Hall–Kier alpha value is -1.37. The lowest BCUT2D eigenvalue weighted by Gasteiger charge is -1.96. The Morgan fingerprint density at radius 1 is 1.24 bits per heavy atom. The van der Waals surface area contributed by atoms with Crippen molar-refractivity contribution in [3.63, 3.8) is 0 Å². The fourth-order valence-corrected chi connectivity index (χ4v) is 1.31. The number of rotatable bonds is 8. The molecule has 0 aromatic rings. The molecule has 0 saturated carbocycles. The molecule has 0 unspecified atom stereocenters. The average molecular weight is 234 g/mol. The quantitative estimate of drug-likeness (QED) is 0.375. The second-order valence-corrected chi connectivity index (χ2v) is 3.89. The largest absolute Gasteiger partial charge is 0.207 e. The molecule has 0 rings (SSSR count). The standard InChI is InChI=1S/C16H23F/c1-4-6-7-8-12-15(3)13-9-10-14-16(17)11-5-2/h5-7,10-12,14H,2,4,8-9,13H2,1,3H3/b7-6-,14-10-,15-12+,16-11+. The van der Waals surface area contributed by atoms with Crippen LogP contribution in [-0.2, 0) is 0 Å². The van der Waals surface area contributed by atoms with Crippen molar-refractivity contribution >= 4 is 0 Å². The van der Waals surface area contributed by atoms with Gasteiger partial charge in [-0.3, -0.25) is 0 Å². The first-order valence-electron chi connectivity index (χ1n) is 6.16. The molecule has 0 saturated heterocycles. The zero-order valence-corrected chi connectivity index (χ0v) is 11.0. The van der Waals surface area contributed by atoms with Crippen LogP contribution >= 0.6 is 0 Å². The van der Waals surface area contributed by atoms with Crippen molar-refractivity contribution in [3.05, 3.63) is 60.5 Å². The Balaban J connectivity index is 3.84. The van der Waals surface area contributed by atoms with Crippen LogP contribution in [0.5, 0.6) is 0 Å². The molecule has 17 heavy (non-hydrogen) atoms. The van der Waals surface area contributed by atoms with E-state index in [0.29, 0.717) is 0 Å². The van der Waals surface area contributed by atoms with Crippen molar-refractivity contribution in [1.29, 1.82) is 0 Å². The molecule has 0 bridgehead atoms. The van der Waals surface area contributed by atoms with E-state index in [1.54, 1.807) is 0 Å². The van der Waals surface area contributed by atoms with E-state index in [0.717, 1.165) is 25.7 Å². The van der Waals surface area contributed by atoms with Crippen LogP contribution in [-0.4, -0.2) is 0 Å². The van der Waals surface area contributed by atoms with Crippen molar-refractivity contribution in [1.82, 2.24) is 0 Å². The van der Waals surface area contributed by atoms with Gasteiger partial charge in [-0.2, -0.15) is 0 Å². The van der Waals surface area contributed by atoms with Crippen molar-refractivity contribution in [2.45, 2.75) is 39.5 Å². The van der Waals surface area contributed by atoms with E-state index in [1.807, 2.05) is 6.08 Å². The fourth-order valence-electron chi connectivity index (χ4n) is 1.31. The summed E-state index contributed by atoms with van der Waals surface area (Å²) in [5.41, 5.74) is 1.35. The molecule has 0 atom stereocenters. The highest BCUT2D eigenvalue weighted by atomic mass is 19.1. The molecule has 0 radical (unpaired) electrons. The van der Waals surface area contributed by atoms with Crippen LogP contribution < -0.4 is 0 Å². The van der Waals surface area contributed by atoms with Gasteiger partial charge in [0.1, 0.15) is 5.83 Å². The Morgan fingerprint density at radius 3 is 2.65 bits per heavy atom. The van der Waals surface area contributed by atoms with E-state index in [2.05, 4.69) is 38.7 Å². The minimum Gasteiger partial charge on any atom is -0.207 e. The van der Waals surface area contributed by atoms with Crippen LogP contribution in [0, 0.1) is 0 Å². The van der Waals surface area contributed by atoms with Gasteiger partial charge in [-0.05, 0) is 44.8 Å². The van der Waals surface area contributed by atoms with Crippen molar-refractivity contribution in [2.75, 3.05) is 0 Å². The molecular formula is C16H23F. The maximum Gasteiger partial charge on any atom is 0.122 e. The Labute approximate surface area is 105 Å². The molecule has 0 amide bonds. The third-order valence-electron chi connectivity index (χ3n) is 2.26. The van der Waals surface area contributed by atoms with Crippen LogP contribution in [0.25, 0.3) is 0 Å². The Kier molecular flexibility index (Phi) is 10.2. The second kappa shape index (κ2) is 11.1. The lowest BCUT2D eigenvalue weighted by Crippen LogP contribution is -1.76. The summed E-state index contributed by atoms with van der Waals surface area (Å²) < 4.78 is 12.9. The minimum atomic E-state index is -0.243. The van der Waals surface area contributed by atoms with Gasteiger partial charge in [0.2, 0.25) is 0 Å². The van der Waals surface area contributed by atoms with Crippen LogP contribution in [0.15, 0.2) is 60.5 Å². The van der Waals surface area contributed by atoms with Crippen molar-refractivity contribution in [3.8, 4) is 0 Å². The van der Waals surface area contributed by atoms with Crippen LogP contribution in [0.3, 0.4) is 0 Å². The molecule has 94 valence electrons. The van der Waals surface area contributed by atoms with Gasteiger partial charge in [-0.15, -0.1) is 0 Å². The SMILES string of the molecule is C=C/C=C(F)\C=C/CC/C(C)=C/C/C=C\CC. The Morgan fingerprint density at radius 2 is 2.00 bits per heavy atom. The summed E-state index contributed by atoms with van der Waals surface area (Å²) in [5, 5.41) is 0. The fraction of sp³-hybridized carbons (Fsp3) is 0.375. The molecule has 0 aliphatic carbocycles. The molecule has 0 N–H and O–H groups in total. The molecular weight excluding hydrogens is 211 g/mol. The number of halogens is 1. The first kappa shape index (κ1) is 15.6. The number of allylic oxidation sites excluding steroid dienone is 9. The summed E-state index contributed by atoms with van der Waals surface area (Å²) in [7, 11) is 0. The maximum absolute atomic E-state index is 12.9. The third kappa shape index (κ3) is 10.9. The van der Waals surface area contributed by atoms with Crippen molar-refractivity contribution in [2.24, 2.45) is 0 Å². The zero-order chi connectivity index (χ0) is 12.9. The predicted octanol–water partition coefficient (Wildman–Crippen LogP) is 5.66. The van der Waals surface area contributed by atoms with Crippen LogP contribution in [0.1, 0.15) is 39.5 Å². The maximum atomic E-state index is 12.9.